The third-order valence-electron chi connectivity index (χ3n) is 2.05. The maximum absolute atomic E-state index is 13.3. The van der Waals surface area contributed by atoms with Crippen LogP contribution in [0.3, 0.4) is 0 Å². The molecule has 3 heteroatoms. The molecule has 2 rings (SSSR count). The van der Waals surface area contributed by atoms with Gasteiger partial charge in [0.15, 0.2) is 11.5 Å². The number of halogens is 1. The van der Waals surface area contributed by atoms with Crippen LogP contribution in [0.2, 0.25) is 0 Å². The van der Waals surface area contributed by atoms with Crippen molar-refractivity contribution >= 4 is 0 Å². The number of benzene rings is 1. The molecule has 0 unspecified atom stereocenters. The highest BCUT2D eigenvalue weighted by atomic mass is 19.1. The minimum absolute atomic E-state index is 0.172. The number of nitrogens with zero attached hydrogens (tertiary/aromatic N) is 2. The summed E-state index contributed by atoms with van der Waals surface area (Å²) in [4.78, 5) is 3.74. The van der Waals surface area contributed by atoms with Crippen LogP contribution < -0.4 is 0 Å². The van der Waals surface area contributed by atoms with Crippen LogP contribution in [0.15, 0.2) is 42.6 Å². The summed E-state index contributed by atoms with van der Waals surface area (Å²) in [6.45, 7) is 0. The Bertz CT molecular complexity index is 515. The molecule has 0 atom stereocenters. The summed E-state index contributed by atoms with van der Waals surface area (Å²) in [5, 5.41) is 8.53. The van der Waals surface area contributed by atoms with Crippen molar-refractivity contribution in [2.75, 3.05) is 0 Å². The molecule has 15 heavy (non-hydrogen) atoms. The molecule has 72 valence electrons. The Labute approximate surface area is 86.6 Å². The van der Waals surface area contributed by atoms with Crippen LogP contribution in [0.25, 0.3) is 11.1 Å². The second-order valence-corrected chi connectivity index (χ2v) is 3.03. The lowest BCUT2D eigenvalue weighted by Gasteiger charge is -2.00. The number of nitriles is 1. The van der Waals surface area contributed by atoms with Gasteiger partial charge in [0.2, 0.25) is 0 Å². The molecule has 2 nitrogen and oxygen atoms in total. The van der Waals surface area contributed by atoms with Gasteiger partial charge in [0, 0.05) is 11.8 Å². The van der Waals surface area contributed by atoms with Gasteiger partial charge < -0.3 is 0 Å². The Hall–Kier alpha value is -2.21. The van der Waals surface area contributed by atoms with Crippen molar-refractivity contribution in [3.05, 3.63) is 54.1 Å². The first-order valence-electron chi connectivity index (χ1n) is 4.42. The van der Waals surface area contributed by atoms with E-state index in [1.807, 2.05) is 30.3 Å². The van der Waals surface area contributed by atoms with Crippen molar-refractivity contribution < 1.29 is 4.39 Å². The van der Waals surface area contributed by atoms with Gasteiger partial charge in [-0.15, -0.1) is 0 Å². The average Bonchev–Trinajstić information content (AvgIpc) is 2.30. The van der Waals surface area contributed by atoms with Gasteiger partial charge in [0.05, 0.1) is 0 Å². The molecular formula is C12H7FN2. The molecule has 0 saturated heterocycles. The number of hydrogen-bond donors (Lipinski definition) is 0. The molecule has 0 spiro atoms. The summed E-state index contributed by atoms with van der Waals surface area (Å²) in [5.41, 5.74) is 1.38. The van der Waals surface area contributed by atoms with E-state index in [9.17, 15) is 4.39 Å². The third-order valence-corrected chi connectivity index (χ3v) is 2.05. The first kappa shape index (κ1) is 9.35. The minimum atomic E-state index is -0.584. The zero-order valence-corrected chi connectivity index (χ0v) is 7.81. The molecule has 1 aromatic carbocycles. The molecule has 0 radical (unpaired) electrons. The highest BCUT2D eigenvalue weighted by Crippen LogP contribution is 2.19. The van der Waals surface area contributed by atoms with Crippen molar-refractivity contribution in [1.82, 2.24) is 4.98 Å². The van der Waals surface area contributed by atoms with Gasteiger partial charge in [-0.05, 0) is 11.6 Å². The fourth-order valence-electron chi connectivity index (χ4n) is 1.31. The molecule has 1 heterocycles. The van der Waals surface area contributed by atoms with Crippen LogP contribution in [-0.4, -0.2) is 4.98 Å². The number of pyridine rings is 1. The van der Waals surface area contributed by atoms with Gasteiger partial charge in [-0.1, -0.05) is 30.3 Å². The van der Waals surface area contributed by atoms with E-state index in [-0.39, 0.29) is 5.69 Å². The van der Waals surface area contributed by atoms with Crippen LogP contribution in [0, 0.1) is 17.1 Å². The number of hydrogen-bond acceptors (Lipinski definition) is 2. The fourth-order valence-corrected chi connectivity index (χ4v) is 1.31. The van der Waals surface area contributed by atoms with Crippen molar-refractivity contribution in [2.45, 2.75) is 0 Å². The second kappa shape index (κ2) is 3.89. The SMILES string of the molecule is N#Cc1ncc(-c2ccccc2)cc1F. The predicted octanol–water partition coefficient (Wildman–Crippen LogP) is 2.76. The topological polar surface area (TPSA) is 36.7 Å². The van der Waals surface area contributed by atoms with Gasteiger partial charge in [-0.3, -0.25) is 0 Å². The molecule has 0 aliphatic carbocycles. The van der Waals surface area contributed by atoms with E-state index in [1.165, 1.54) is 12.3 Å². The highest BCUT2D eigenvalue weighted by molar-refractivity contribution is 5.62. The summed E-state index contributed by atoms with van der Waals surface area (Å²) in [6, 6.07) is 12.4. The molecule has 0 fully saturated rings. The van der Waals surface area contributed by atoms with E-state index in [2.05, 4.69) is 4.98 Å². The first-order valence-corrected chi connectivity index (χ1v) is 4.42. The second-order valence-electron chi connectivity index (χ2n) is 3.03. The maximum Gasteiger partial charge on any atom is 0.176 e. The van der Waals surface area contributed by atoms with Gasteiger partial charge >= 0.3 is 0 Å². The average molecular weight is 198 g/mol. The van der Waals surface area contributed by atoms with E-state index in [0.717, 1.165) is 5.56 Å². The van der Waals surface area contributed by atoms with Gasteiger partial charge in [0.25, 0.3) is 0 Å². The highest BCUT2D eigenvalue weighted by Gasteiger charge is 2.05. The Balaban J connectivity index is 2.49. The predicted molar refractivity (Wildman–Crippen MR) is 54.3 cm³/mol. The maximum atomic E-state index is 13.3. The lowest BCUT2D eigenvalue weighted by Crippen LogP contribution is -1.90. The first-order chi connectivity index (χ1) is 7.31. The Morgan fingerprint density at radius 2 is 1.87 bits per heavy atom. The molecule has 0 amide bonds. The monoisotopic (exact) mass is 198 g/mol. The lowest BCUT2D eigenvalue weighted by atomic mass is 10.1. The zero-order valence-electron chi connectivity index (χ0n) is 7.81. The van der Waals surface area contributed by atoms with Crippen LogP contribution in [-0.2, 0) is 0 Å². The molecule has 0 saturated carbocycles. The minimum Gasteiger partial charge on any atom is -0.242 e. The van der Waals surface area contributed by atoms with Crippen molar-refractivity contribution in [3.63, 3.8) is 0 Å². The fraction of sp³-hybridized carbons (Fsp3) is 0. The van der Waals surface area contributed by atoms with Crippen LogP contribution >= 0.6 is 0 Å². The van der Waals surface area contributed by atoms with E-state index >= 15 is 0 Å². The van der Waals surface area contributed by atoms with E-state index in [4.69, 9.17) is 5.26 Å². The summed E-state index contributed by atoms with van der Waals surface area (Å²) in [5.74, 6) is -0.584. The lowest BCUT2D eigenvalue weighted by molar-refractivity contribution is 0.617. The van der Waals surface area contributed by atoms with E-state index < -0.39 is 5.82 Å². The van der Waals surface area contributed by atoms with Gasteiger partial charge in [-0.25, -0.2) is 9.37 Å². The molecule has 0 bridgehead atoms. The summed E-state index contributed by atoms with van der Waals surface area (Å²) >= 11 is 0. The summed E-state index contributed by atoms with van der Waals surface area (Å²) in [6.07, 6.45) is 1.50. The summed E-state index contributed by atoms with van der Waals surface area (Å²) < 4.78 is 13.3. The summed E-state index contributed by atoms with van der Waals surface area (Å²) in [7, 11) is 0. The number of aromatic nitrogens is 1. The molecular weight excluding hydrogens is 191 g/mol. The zero-order chi connectivity index (χ0) is 10.7. The molecule has 0 N–H and O–H groups in total. The Morgan fingerprint density at radius 3 is 2.47 bits per heavy atom. The largest absolute Gasteiger partial charge is 0.242 e. The molecule has 2 aromatic rings. The van der Waals surface area contributed by atoms with Crippen molar-refractivity contribution in [1.29, 1.82) is 5.26 Å². The van der Waals surface area contributed by atoms with Crippen molar-refractivity contribution in [3.8, 4) is 17.2 Å². The van der Waals surface area contributed by atoms with E-state index in [0.29, 0.717) is 5.56 Å². The van der Waals surface area contributed by atoms with Crippen LogP contribution in [0.4, 0.5) is 4.39 Å². The van der Waals surface area contributed by atoms with Crippen molar-refractivity contribution in [2.24, 2.45) is 0 Å². The van der Waals surface area contributed by atoms with Gasteiger partial charge in [-0.2, -0.15) is 5.26 Å². The van der Waals surface area contributed by atoms with E-state index in [1.54, 1.807) is 6.07 Å². The Kier molecular flexibility index (Phi) is 2.42. The standard InChI is InChI=1S/C12H7FN2/c13-11-6-10(8-15-12(11)7-14)9-4-2-1-3-5-9/h1-6,8H. The van der Waals surface area contributed by atoms with Gasteiger partial charge in [0.1, 0.15) is 6.07 Å². The Morgan fingerprint density at radius 1 is 1.13 bits per heavy atom. The smallest absolute Gasteiger partial charge is 0.176 e. The van der Waals surface area contributed by atoms with Crippen LogP contribution in [0.1, 0.15) is 5.69 Å². The molecule has 0 aliphatic heterocycles. The quantitative estimate of drug-likeness (QED) is 0.706. The normalized spacial score (nSPS) is 9.60. The third kappa shape index (κ3) is 1.84. The number of rotatable bonds is 1. The molecule has 1 aromatic heterocycles. The molecule has 0 aliphatic rings. The van der Waals surface area contributed by atoms with Crippen LogP contribution in [0.5, 0.6) is 0 Å².